The molecule has 1 rings (SSSR count). The number of imide groups is 2. The molecule has 0 N–H and O–H groups in total. The highest BCUT2D eigenvalue weighted by Crippen LogP contribution is 2.12. The van der Waals surface area contributed by atoms with E-state index in [9.17, 15) is 19.2 Å². The van der Waals surface area contributed by atoms with Crippen LogP contribution in [-0.4, -0.2) is 48.0 Å². The molecule has 0 radical (unpaired) electrons. The third-order valence-electron chi connectivity index (χ3n) is 2.80. The Morgan fingerprint density at radius 2 is 1.08 bits per heavy atom. The van der Waals surface area contributed by atoms with Crippen LogP contribution in [0.2, 0.25) is 0 Å². The molecule has 0 aromatic heterocycles. The summed E-state index contributed by atoms with van der Waals surface area (Å²) in [6.45, 7) is 6.49. The molecule has 0 saturated carbocycles. The molecule has 0 aliphatic heterocycles. The maximum absolute atomic E-state index is 12.3. The lowest BCUT2D eigenvalue weighted by molar-refractivity contribution is -0.374. The number of hydroxylamine groups is 4. The van der Waals surface area contributed by atoms with Gasteiger partial charge in [0.15, 0.2) is 0 Å². The average molecular weight is 364 g/mol. The predicted molar refractivity (Wildman–Crippen MR) is 85.4 cm³/mol. The molecule has 0 heterocycles. The van der Waals surface area contributed by atoms with E-state index in [1.54, 1.807) is 0 Å². The number of benzene rings is 1. The van der Waals surface area contributed by atoms with Crippen molar-refractivity contribution in [3.63, 3.8) is 0 Å². The summed E-state index contributed by atoms with van der Waals surface area (Å²) in [5.41, 5.74) is 0.00566. The van der Waals surface area contributed by atoms with Crippen LogP contribution < -0.4 is 0 Å². The Labute approximate surface area is 148 Å². The van der Waals surface area contributed by atoms with Gasteiger partial charge in [-0.1, -0.05) is 13.2 Å². The third-order valence-corrected chi connectivity index (χ3v) is 2.80. The van der Waals surface area contributed by atoms with Crippen molar-refractivity contribution >= 4 is 23.6 Å². The first-order valence-corrected chi connectivity index (χ1v) is 6.94. The average Bonchev–Trinajstić information content (AvgIpc) is 2.68. The maximum atomic E-state index is 12.3. The van der Waals surface area contributed by atoms with E-state index >= 15 is 0 Å². The molecule has 10 heteroatoms. The van der Waals surface area contributed by atoms with E-state index in [-0.39, 0.29) is 11.1 Å². The molecule has 4 amide bonds. The summed E-state index contributed by atoms with van der Waals surface area (Å²) >= 11 is 0. The van der Waals surface area contributed by atoms with Crippen molar-refractivity contribution in [2.45, 2.75) is 0 Å². The van der Waals surface area contributed by atoms with Gasteiger partial charge in [0, 0.05) is 11.1 Å². The summed E-state index contributed by atoms with van der Waals surface area (Å²) in [5.74, 6) is -3.42. The van der Waals surface area contributed by atoms with Crippen LogP contribution in [-0.2, 0) is 29.3 Å². The monoisotopic (exact) mass is 364 g/mol. The largest absolute Gasteiger partial charge is 0.287 e. The minimum absolute atomic E-state index is 0.00283. The van der Waals surface area contributed by atoms with Gasteiger partial charge in [0.1, 0.15) is 0 Å². The van der Waals surface area contributed by atoms with Crippen molar-refractivity contribution in [3.8, 4) is 0 Å². The molecule has 0 spiro atoms. The second kappa shape index (κ2) is 9.96. The number of amides is 4. The van der Waals surface area contributed by atoms with Crippen LogP contribution in [0.3, 0.4) is 0 Å². The number of nitrogens with zero attached hydrogens (tertiary/aromatic N) is 2. The molecule has 0 saturated heterocycles. The molecular formula is C16H16N2O8. The Morgan fingerprint density at radius 1 is 0.769 bits per heavy atom. The van der Waals surface area contributed by atoms with Crippen molar-refractivity contribution in [2.75, 3.05) is 14.2 Å². The SMILES string of the molecule is C=CC(=O)N(OOC)C(=O)c1ccc(C(=O)N(OOC)C(=O)C=C)cc1. The normalized spacial score (nSPS) is 9.92. The number of hydrogen-bond acceptors (Lipinski definition) is 8. The molecule has 0 unspecified atom stereocenters. The Balaban J connectivity index is 3.06. The zero-order valence-corrected chi connectivity index (χ0v) is 14.0. The molecule has 0 aliphatic rings. The Morgan fingerprint density at radius 3 is 1.31 bits per heavy atom. The van der Waals surface area contributed by atoms with Gasteiger partial charge in [-0.2, -0.15) is 0 Å². The van der Waals surface area contributed by atoms with Gasteiger partial charge in [0.25, 0.3) is 23.6 Å². The fraction of sp³-hybridized carbons (Fsp3) is 0.125. The summed E-state index contributed by atoms with van der Waals surface area (Å²) in [6.07, 6.45) is 1.71. The van der Waals surface area contributed by atoms with Crippen molar-refractivity contribution in [2.24, 2.45) is 0 Å². The molecule has 0 aliphatic carbocycles. The van der Waals surface area contributed by atoms with Gasteiger partial charge in [-0.15, -0.1) is 20.1 Å². The van der Waals surface area contributed by atoms with Gasteiger partial charge in [-0.3, -0.25) is 19.2 Å². The van der Waals surface area contributed by atoms with Crippen LogP contribution in [0.25, 0.3) is 0 Å². The highest BCUT2D eigenvalue weighted by molar-refractivity contribution is 6.08. The number of carbonyl (C=O) groups is 4. The quantitative estimate of drug-likeness (QED) is 0.381. The summed E-state index contributed by atoms with van der Waals surface area (Å²) in [7, 11) is 2.22. The lowest BCUT2D eigenvalue weighted by Crippen LogP contribution is -2.36. The maximum Gasteiger partial charge on any atom is 0.287 e. The summed E-state index contributed by atoms with van der Waals surface area (Å²) in [4.78, 5) is 65.4. The number of carbonyl (C=O) groups excluding carboxylic acids is 4. The van der Waals surface area contributed by atoms with E-state index < -0.39 is 23.6 Å². The van der Waals surface area contributed by atoms with E-state index in [1.807, 2.05) is 0 Å². The molecule has 138 valence electrons. The highest BCUT2D eigenvalue weighted by Gasteiger charge is 2.26. The third kappa shape index (κ3) is 4.91. The van der Waals surface area contributed by atoms with E-state index in [0.29, 0.717) is 10.1 Å². The highest BCUT2D eigenvalue weighted by atomic mass is 17.3. The first-order chi connectivity index (χ1) is 12.4. The summed E-state index contributed by atoms with van der Waals surface area (Å²) in [6, 6.07) is 4.95. The van der Waals surface area contributed by atoms with Gasteiger partial charge in [0.2, 0.25) is 0 Å². The standard InChI is InChI=1S/C16H16N2O8/c1-5-13(19)17(25-23-3)15(21)11-7-9-12(10-8-11)16(22)18(26-24-4)14(20)6-2/h5-10H,1-2H2,3-4H3. The predicted octanol–water partition coefficient (Wildman–Crippen LogP) is 0.982. The zero-order chi connectivity index (χ0) is 19.7. The van der Waals surface area contributed by atoms with Crippen molar-refractivity contribution in [3.05, 3.63) is 60.7 Å². The lowest BCUT2D eigenvalue weighted by Gasteiger charge is -2.17. The van der Waals surface area contributed by atoms with Crippen LogP contribution in [0, 0.1) is 0 Å². The molecule has 0 fully saturated rings. The fourth-order valence-corrected chi connectivity index (χ4v) is 1.65. The van der Waals surface area contributed by atoms with Crippen molar-refractivity contribution in [1.29, 1.82) is 0 Å². The van der Waals surface area contributed by atoms with E-state index in [2.05, 4.69) is 32.9 Å². The van der Waals surface area contributed by atoms with Crippen molar-refractivity contribution < 1.29 is 38.9 Å². The van der Waals surface area contributed by atoms with Crippen LogP contribution in [0.15, 0.2) is 49.6 Å². The van der Waals surface area contributed by atoms with Crippen LogP contribution >= 0.6 is 0 Å². The van der Waals surface area contributed by atoms with E-state index in [4.69, 9.17) is 0 Å². The smallest absolute Gasteiger partial charge is 0.267 e. The Bertz CT molecular complexity index is 652. The van der Waals surface area contributed by atoms with Gasteiger partial charge < -0.3 is 0 Å². The van der Waals surface area contributed by atoms with Crippen LogP contribution in [0.1, 0.15) is 20.7 Å². The minimum Gasteiger partial charge on any atom is -0.267 e. The molecule has 0 bridgehead atoms. The topological polar surface area (TPSA) is 112 Å². The first kappa shape index (κ1) is 20.9. The summed E-state index contributed by atoms with van der Waals surface area (Å²) in [5, 5.41) is 0.677. The second-order valence-corrected chi connectivity index (χ2v) is 4.34. The number of rotatable bonds is 8. The first-order valence-electron chi connectivity index (χ1n) is 6.94. The fourth-order valence-electron chi connectivity index (χ4n) is 1.65. The lowest BCUT2D eigenvalue weighted by atomic mass is 10.1. The van der Waals surface area contributed by atoms with Gasteiger partial charge in [0.05, 0.1) is 14.2 Å². The van der Waals surface area contributed by atoms with Gasteiger partial charge >= 0.3 is 0 Å². The molecule has 0 atom stereocenters. The second-order valence-electron chi connectivity index (χ2n) is 4.34. The van der Waals surface area contributed by atoms with Gasteiger partial charge in [-0.05, 0) is 36.4 Å². The molecular weight excluding hydrogens is 348 g/mol. The zero-order valence-electron chi connectivity index (χ0n) is 14.0. The van der Waals surface area contributed by atoms with Crippen molar-refractivity contribution in [1.82, 2.24) is 10.1 Å². The van der Waals surface area contributed by atoms with E-state index in [0.717, 1.165) is 26.4 Å². The van der Waals surface area contributed by atoms with Crippen LogP contribution in [0.4, 0.5) is 0 Å². The Hall–Kier alpha value is -3.18. The molecule has 10 nitrogen and oxygen atoms in total. The molecule has 1 aromatic rings. The Kier molecular flexibility index (Phi) is 7.99. The summed E-state index contributed by atoms with van der Waals surface area (Å²) < 4.78 is 0. The van der Waals surface area contributed by atoms with Crippen LogP contribution in [0.5, 0.6) is 0 Å². The molecule has 1 aromatic carbocycles. The minimum atomic E-state index is -0.858. The number of hydrogen-bond donors (Lipinski definition) is 0. The molecule has 26 heavy (non-hydrogen) atoms. The van der Waals surface area contributed by atoms with Gasteiger partial charge in [-0.25, -0.2) is 9.78 Å². The van der Waals surface area contributed by atoms with E-state index in [1.165, 1.54) is 24.3 Å².